The van der Waals surface area contributed by atoms with E-state index >= 15 is 0 Å². The van der Waals surface area contributed by atoms with Crippen LogP contribution in [0.25, 0.3) is 0 Å². The first-order valence-corrected chi connectivity index (χ1v) is 6.88. The summed E-state index contributed by atoms with van der Waals surface area (Å²) in [5, 5.41) is 6.95. The molecule has 0 aliphatic heterocycles. The lowest BCUT2D eigenvalue weighted by molar-refractivity contribution is -0.125. The lowest BCUT2D eigenvalue weighted by Crippen LogP contribution is -2.28. The summed E-state index contributed by atoms with van der Waals surface area (Å²) in [6, 6.07) is 3.69. The highest BCUT2D eigenvalue weighted by atomic mass is 35.5. The highest BCUT2D eigenvalue weighted by Gasteiger charge is 2.23. The highest BCUT2D eigenvalue weighted by Crippen LogP contribution is 2.35. The van der Waals surface area contributed by atoms with Crippen LogP contribution in [0.2, 0.25) is 5.02 Å². The maximum Gasteiger partial charge on any atom is 0.260 e. The maximum absolute atomic E-state index is 11.4. The minimum atomic E-state index is -0.167. The Morgan fingerprint density at radius 3 is 2.81 bits per heavy atom. The lowest BCUT2D eigenvalue weighted by atomic mass is 10.2. The van der Waals surface area contributed by atoms with E-state index in [1.54, 1.807) is 12.1 Å². The summed E-state index contributed by atoms with van der Waals surface area (Å²) in [4.78, 5) is 16.3. The van der Waals surface area contributed by atoms with Crippen LogP contribution in [-0.4, -0.2) is 39.0 Å². The molecule has 0 atom stereocenters. The van der Waals surface area contributed by atoms with E-state index < -0.39 is 0 Å². The Labute approximate surface area is 128 Å². The van der Waals surface area contributed by atoms with Crippen molar-refractivity contribution in [3.05, 3.63) is 22.7 Å². The van der Waals surface area contributed by atoms with Gasteiger partial charge in [0, 0.05) is 11.6 Å². The van der Waals surface area contributed by atoms with Crippen molar-refractivity contribution in [1.82, 2.24) is 5.32 Å². The first kappa shape index (κ1) is 15.4. The minimum Gasteiger partial charge on any atom is -0.493 e. The monoisotopic (exact) mass is 312 g/mol. The zero-order valence-corrected chi connectivity index (χ0v) is 12.6. The molecule has 1 N–H and O–H groups in total. The van der Waals surface area contributed by atoms with Crippen LogP contribution in [0.15, 0.2) is 17.3 Å². The molecule has 2 rings (SSSR count). The third-order valence-corrected chi connectivity index (χ3v) is 3.15. The summed E-state index contributed by atoms with van der Waals surface area (Å²) in [7, 11) is 3.03. The molecule has 0 radical (unpaired) electrons. The van der Waals surface area contributed by atoms with E-state index in [4.69, 9.17) is 25.9 Å². The zero-order chi connectivity index (χ0) is 15.2. The predicted molar refractivity (Wildman–Crippen MR) is 79.3 cm³/mol. The van der Waals surface area contributed by atoms with Gasteiger partial charge in [-0.05, 0) is 25.0 Å². The summed E-state index contributed by atoms with van der Waals surface area (Å²) in [5.41, 5.74) is 0.681. The fourth-order valence-electron chi connectivity index (χ4n) is 1.70. The van der Waals surface area contributed by atoms with Gasteiger partial charge in [-0.15, -0.1) is 0 Å². The molecule has 1 aliphatic carbocycles. The summed E-state index contributed by atoms with van der Waals surface area (Å²) < 4.78 is 10.3. The molecule has 1 aromatic carbocycles. The first-order valence-electron chi connectivity index (χ1n) is 6.50. The first-order chi connectivity index (χ1) is 10.1. The van der Waals surface area contributed by atoms with E-state index in [1.807, 2.05) is 0 Å². The van der Waals surface area contributed by atoms with Crippen LogP contribution < -0.4 is 14.8 Å². The van der Waals surface area contributed by atoms with Crippen LogP contribution in [0.3, 0.4) is 0 Å². The van der Waals surface area contributed by atoms with Crippen LogP contribution in [0, 0.1) is 0 Å². The van der Waals surface area contributed by atoms with Gasteiger partial charge in [-0.2, -0.15) is 0 Å². The largest absolute Gasteiger partial charge is 0.493 e. The van der Waals surface area contributed by atoms with Crippen molar-refractivity contribution in [2.75, 3.05) is 20.8 Å². The smallest absolute Gasteiger partial charge is 0.260 e. The molecule has 1 aromatic rings. The lowest BCUT2D eigenvalue weighted by Gasteiger charge is -2.09. The maximum atomic E-state index is 11.4. The fourth-order valence-corrected chi connectivity index (χ4v) is 2.00. The van der Waals surface area contributed by atoms with Crippen molar-refractivity contribution < 1.29 is 19.1 Å². The van der Waals surface area contributed by atoms with Crippen LogP contribution in [0.4, 0.5) is 0 Å². The molecule has 1 saturated carbocycles. The number of oxime groups is 1. The topological polar surface area (TPSA) is 69.2 Å². The van der Waals surface area contributed by atoms with Gasteiger partial charge in [0.15, 0.2) is 18.1 Å². The number of carbonyl (C=O) groups excluding carboxylic acids is 1. The van der Waals surface area contributed by atoms with E-state index in [9.17, 15) is 4.79 Å². The van der Waals surface area contributed by atoms with E-state index in [2.05, 4.69) is 10.5 Å². The number of halogens is 1. The average Bonchev–Trinajstić information content (AvgIpc) is 3.26. The number of methoxy groups -OCH3 is 2. The molecular formula is C14H17ClN2O4. The minimum absolute atomic E-state index is 0.103. The summed E-state index contributed by atoms with van der Waals surface area (Å²) in [5.74, 6) is 0.791. The Hall–Kier alpha value is -1.95. The number of carbonyl (C=O) groups is 1. The molecule has 0 saturated heterocycles. The molecule has 1 fully saturated rings. The van der Waals surface area contributed by atoms with Crippen LogP contribution >= 0.6 is 11.6 Å². The van der Waals surface area contributed by atoms with Crippen LogP contribution in [0.5, 0.6) is 11.5 Å². The second-order valence-corrected chi connectivity index (χ2v) is 5.00. The van der Waals surface area contributed by atoms with Gasteiger partial charge in [0.25, 0.3) is 5.91 Å². The number of hydrogen-bond acceptors (Lipinski definition) is 5. The molecule has 0 bridgehead atoms. The molecular weight excluding hydrogens is 296 g/mol. The Morgan fingerprint density at radius 1 is 1.43 bits per heavy atom. The van der Waals surface area contributed by atoms with Crippen molar-refractivity contribution >= 4 is 23.7 Å². The molecule has 1 aliphatic rings. The van der Waals surface area contributed by atoms with Crippen LogP contribution in [0.1, 0.15) is 18.4 Å². The Bertz CT molecular complexity index is 544. The Kier molecular flexibility index (Phi) is 5.27. The molecule has 0 heterocycles. The van der Waals surface area contributed by atoms with Gasteiger partial charge in [-0.3, -0.25) is 4.79 Å². The average molecular weight is 313 g/mol. The predicted octanol–water partition coefficient (Wildman–Crippen LogP) is 1.99. The molecule has 0 spiro atoms. The number of nitrogens with zero attached hydrogens (tertiary/aromatic N) is 1. The third-order valence-electron chi connectivity index (χ3n) is 2.87. The molecule has 7 heteroatoms. The molecule has 6 nitrogen and oxygen atoms in total. The normalized spacial score (nSPS) is 14.0. The second kappa shape index (κ2) is 7.17. The standard InChI is InChI=1S/C14H17ClN2O4/c1-19-12-6-9(5-11(15)14(12)20-2)7-16-21-8-13(18)17-10-3-4-10/h5-7,10H,3-4,8H2,1-2H3,(H,17,18)/b16-7+. The quantitative estimate of drug-likeness (QED) is 0.617. The SMILES string of the molecule is COc1cc(/C=N/OCC(=O)NC2CC2)cc(Cl)c1OC. The zero-order valence-electron chi connectivity index (χ0n) is 11.9. The molecule has 114 valence electrons. The number of nitrogens with one attached hydrogen (secondary N) is 1. The highest BCUT2D eigenvalue weighted by molar-refractivity contribution is 6.32. The number of rotatable bonds is 7. The molecule has 21 heavy (non-hydrogen) atoms. The third kappa shape index (κ3) is 4.53. The molecule has 0 aromatic heterocycles. The van der Waals surface area contributed by atoms with Gasteiger partial charge in [0.2, 0.25) is 0 Å². The van der Waals surface area contributed by atoms with Gasteiger partial charge < -0.3 is 19.6 Å². The fraction of sp³-hybridized carbons (Fsp3) is 0.429. The van der Waals surface area contributed by atoms with Gasteiger partial charge in [0.05, 0.1) is 25.5 Å². The van der Waals surface area contributed by atoms with Crippen molar-refractivity contribution in [1.29, 1.82) is 0 Å². The Balaban J connectivity index is 1.90. The number of ether oxygens (including phenoxy) is 2. The Morgan fingerprint density at radius 2 is 2.19 bits per heavy atom. The second-order valence-electron chi connectivity index (χ2n) is 4.59. The van der Waals surface area contributed by atoms with Crippen molar-refractivity contribution in [3.63, 3.8) is 0 Å². The van der Waals surface area contributed by atoms with Crippen molar-refractivity contribution in [2.24, 2.45) is 5.16 Å². The number of hydrogen-bond donors (Lipinski definition) is 1. The van der Waals surface area contributed by atoms with Gasteiger partial charge in [-0.25, -0.2) is 0 Å². The van der Waals surface area contributed by atoms with Gasteiger partial charge >= 0.3 is 0 Å². The summed E-state index contributed by atoms with van der Waals surface area (Å²) in [6.07, 6.45) is 3.54. The van der Waals surface area contributed by atoms with E-state index in [-0.39, 0.29) is 12.5 Å². The van der Waals surface area contributed by atoms with E-state index in [1.165, 1.54) is 20.4 Å². The van der Waals surface area contributed by atoms with Gasteiger partial charge in [-0.1, -0.05) is 16.8 Å². The summed E-state index contributed by atoms with van der Waals surface area (Å²) >= 11 is 6.07. The number of amides is 1. The van der Waals surface area contributed by atoms with Crippen molar-refractivity contribution in [3.8, 4) is 11.5 Å². The summed E-state index contributed by atoms with van der Waals surface area (Å²) in [6.45, 7) is -0.103. The van der Waals surface area contributed by atoms with E-state index in [0.717, 1.165) is 12.8 Å². The van der Waals surface area contributed by atoms with Crippen LogP contribution in [-0.2, 0) is 9.63 Å². The van der Waals surface area contributed by atoms with Crippen molar-refractivity contribution in [2.45, 2.75) is 18.9 Å². The van der Waals surface area contributed by atoms with Gasteiger partial charge in [0.1, 0.15) is 0 Å². The molecule has 0 unspecified atom stereocenters. The van der Waals surface area contributed by atoms with E-state index in [0.29, 0.717) is 28.1 Å². The molecule has 1 amide bonds. The number of benzene rings is 1.